The number of halogens is 2. The number of ketones is 1. The molecule has 0 saturated heterocycles. The molecule has 4 aromatic rings. The molecule has 0 atom stereocenters. The Bertz CT molecular complexity index is 1450. The fourth-order valence-corrected chi connectivity index (χ4v) is 4.61. The summed E-state index contributed by atoms with van der Waals surface area (Å²) in [5, 5.41) is 6.20. The first-order chi connectivity index (χ1) is 17.9. The summed E-state index contributed by atoms with van der Waals surface area (Å²) < 4.78 is 5.32. The van der Waals surface area contributed by atoms with Crippen LogP contribution in [0.25, 0.3) is 6.08 Å². The summed E-state index contributed by atoms with van der Waals surface area (Å²) in [6, 6.07) is 23.7. The van der Waals surface area contributed by atoms with Crippen molar-refractivity contribution in [1.29, 1.82) is 0 Å². The average molecular weight is 551 g/mol. The van der Waals surface area contributed by atoms with E-state index in [1.807, 2.05) is 6.07 Å². The molecule has 3 aromatic carbocycles. The van der Waals surface area contributed by atoms with Gasteiger partial charge < -0.3 is 15.1 Å². The number of nitrogens with one attached hydrogen (secondary N) is 2. The van der Waals surface area contributed by atoms with Crippen molar-refractivity contribution in [3.8, 4) is 0 Å². The number of carbonyl (C=O) groups is 3. The van der Waals surface area contributed by atoms with Gasteiger partial charge in [0.15, 0.2) is 5.78 Å². The van der Waals surface area contributed by atoms with Crippen LogP contribution in [0.1, 0.15) is 26.5 Å². The minimum absolute atomic E-state index is 0.00872. The molecule has 0 fully saturated rings. The standard InChI is InChI=1S/C28H20Cl2N2O4S/c29-19-11-12-23(24(30)14-19)26(33)17-37-22-10-4-8-20(15-22)31-28(35)25(16-21-9-5-13-36-21)32-27(34)18-6-2-1-3-7-18/h1-16H,17H2,(H,31,35)(H,32,34)/b25-16-. The minimum atomic E-state index is -0.535. The number of benzene rings is 3. The lowest BCUT2D eigenvalue weighted by Gasteiger charge is -2.12. The summed E-state index contributed by atoms with van der Waals surface area (Å²) >= 11 is 13.4. The van der Waals surface area contributed by atoms with Crippen LogP contribution in [-0.2, 0) is 4.79 Å². The summed E-state index contributed by atoms with van der Waals surface area (Å²) in [6.07, 6.45) is 2.92. The lowest BCUT2D eigenvalue weighted by atomic mass is 10.1. The maximum atomic E-state index is 13.1. The molecule has 1 aromatic heterocycles. The van der Waals surface area contributed by atoms with E-state index in [1.54, 1.807) is 72.8 Å². The molecule has 0 aliphatic carbocycles. The number of thioether (sulfide) groups is 1. The number of amides is 2. The highest BCUT2D eigenvalue weighted by Gasteiger charge is 2.16. The fraction of sp³-hybridized carbons (Fsp3) is 0.0357. The van der Waals surface area contributed by atoms with E-state index in [-0.39, 0.29) is 17.2 Å². The zero-order valence-electron chi connectivity index (χ0n) is 19.2. The number of furan rings is 1. The van der Waals surface area contributed by atoms with E-state index >= 15 is 0 Å². The average Bonchev–Trinajstić information content (AvgIpc) is 3.41. The molecule has 6 nitrogen and oxygen atoms in total. The van der Waals surface area contributed by atoms with Gasteiger partial charge in [0.25, 0.3) is 11.8 Å². The summed E-state index contributed by atoms with van der Waals surface area (Å²) in [5.41, 5.74) is 1.30. The molecule has 2 amide bonds. The molecule has 37 heavy (non-hydrogen) atoms. The lowest BCUT2D eigenvalue weighted by molar-refractivity contribution is -0.113. The van der Waals surface area contributed by atoms with E-state index in [2.05, 4.69) is 10.6 Å². The Labute approximate surface area is 227 Å². The van der Waals surface area contributed by atoms with Gasteiger partial charge in [0.1, 0.15) is 11.5 Å². The normalized spacial score (nSPS) is 11.1. The molecule has 0 aliphatic heterocycles. The van der Waals surface area contributed by atoms with Gasteiger partial charge in [-0.2, -0.15) is 0 Å². The number of carbonyl (C=O) groups excluding carboxylic acids is 3. The molecule has 186 valence electrons. The number of hydrogen-bond acceptors (Lipinski definition) is 5. The van der Waals surface area contributed by atoms with Gasteiger partial charge in [0.05, 0.1) is 17.0 Å². The fourth-order valence-electron chi connectivity index (χ4n) is 3.26. The second kappa shape index (κ2) is 12.5. The lowest BCUT2D eigenvalue weighted by Crippen LogP contribution is -2.30. The van der Waals surface area contributed by atoms with Crippen LogP contribution in [0.5, 0.6) is 0 Å². The predicted octanol–water partition coefficient (Wildman–Crippen LogP) is 6.97. The molecule has 9 heteroatoms. The molecule has 1 heterocycles. The molecule has 0 aliphatic rings. The predicted molar refractivity (Wildman–Crippen MR) is 147 cm³/mol. The largest absolute Gasteiger partial charge is 0.465 e. The Kier molecular flexibility index (Phi) is 8.85. The first-order valence-electron chi connectivity index (χ1n) is 11.0. The van der Waals surface area contributed by atoms with Crippen molar-refractivity contribution in [2.75, 3.05) is 11.1 Å². The molecule has 0 unspecified atom stereocenters. The zero-order valence-corrected chi connectivity index (χ0v) is 21.6. The Morgan fingerprint density at radius 1 is 0.892 bits per heavy atom. The second-order valence-electron chi connectivity index (χ2n) is 7.71. The van der Waals surface area contributed by atoms with Crippen molar-refractivity contribution in [3.05, 3.63) is 124 Å². The highest BCUT2D eigenvalue weighted by atomic mass is 35.5. The number of anilines is 1. The summed E-state index contributed by atoms with van der Waals surface area (Å²) in [7, 11) is 0. The van der Waals surface area contributed by atoms with Gasteiger partial charge in [-0.15, -0.1) is 11.8 Å². The van der Waals surface area contributed by atoms with Crippen LogP contribution in [0, 0.1) is 0 Å². The van der Waals surface area contributed by atoms with Crippen molar-refractivity contribution in [3.63, 3.8) is 0 Å². The van der Waals surface area contributed by atoms with E-state index in [4.69, 9.17) is 27.6 Å². The Balaban J connectivity index is 1.45. The molecular formula is C28H20Cl2N2O4S. The maximum absolute atomic E-state index is 13.1. The molecule has 0 bridgehead atoms. The third-order valence-electron chi connectivity index (χ3n) is 5.05. The van der Waals surface area contributed by atoms with Crippen molar-refractivity contribution in [2.45, 2.75) is 4.90 Å². The molecule has 0 spiro atoms. The van der Waals surface area contributed by atoms with Crippen molar-refractivity contribution >= 4 is 64.3 Å². The summed E-state index contributed by atoms with van der Waals surface area (Å²) in [4.78, 5) is 39.2. The van der Waals surface area contributed by atoms with Crippen LogP contribution in [0.3, 0.4) is 0 Å². The van der Waals surface area contributed by atoms with Crippen LogP contribution >= 0.6 is 35.0 Å². The maximum Gasteiger partial charge on any atom is 0.272 e. The Hall–Kier alpha value is -3.78. The van der Waals surface area contributed by atoms with Crippen LogP contribution in [0.4, 0.5) is 5.69 Å². The zero-order chi connectivity index (χ0) is 26.2. The molecular weight excluding hydrogens is 531 g/mol. The SMILES string of the molecule is O=C(Nc1cccc(SCC(=O)c2ccc(Cl)cc2Cl)c1)/C(=C/c1ccco1)NC(=O)c1ccccc1. The van der Waals surface area contributed by atoms with E-state index in [9.17, 15) is 14.4 Å². The van der Waals surface area contributed by atoms with E-state index in [1.165, 1.54) is 30.2 Å². The van der Waals surface area contributed by atoms with E-state index < -0.39 is 11.8 Å². The third kappa shape index (κ3) is 7.36. The van der Waals surface area contributed by atoms with E-state index in [0.717, 1.165) is 4.90 Å². The van der Waals surface area contributed by atoms with Gasteiger partial charge in [-0.3, -0.25) is 14.4 Å². The third-order valence-corrected chi connectivity index (χ3v) is 6.59. The molecule has 2 N–H and O–H groups in total. The highest BCUT2D eigenvalue weighted by Crippen LogP contribution is 2.26. The second-order valence-corrected chi connectivity index (χ2v) is 9.60. The molecule has 0 saturated carbocycles. The van der Waals surface area contributed by atoms with Gasteiger partial charge in [-0.05, 0) is 60.7 Å². The van der Waals surface area contributed by atoms with Gasteiger partial charge >= 0.3 is 0 Å². The monoisotopic (exact) mass is 550 g/mol. The quantitative estimate of drug-likeness (QED) is 0.133. The Morgan fingerprint density at radius 2 is 1.70 bits per heavy atom. The Morgan fingerprint density at radius 3 is 2.43 bits per heavy atom. The minimum Gasteiger partial charge on any atom is -0.465 e. The number of rotatable bonds is 9. The molecule has 0 radical (unpaired) electrons. The van der Waals surface area contributed by atoms with E-state index in [0.29, 0.717) is 32.6 Å². The van der Waals surface area contributed by atoms with Crippen LogP contribution < -0.4 is 10.6 Å². The van der Waals surface area contributed by atoms with Crippen molar-refractivity contribution in [1.82, 2.24) is 5.32 Å². The summed E-state index contributed by atoms with van der Waals surface area (Å²) in [5.74, 6) is -0.560. The molecule has 4 rings (SSSR count). The van der Waals surface area contributed by atoms with Crippen molar-refractivity contribution < 1.29 is 18.8 Å². The van der Waals surface area contributed by atoms with Crippen LogP contribution in [-0.4, -0.2) is 23.4 Å². The van der Waals surface area contributed by atoms with Crippen LogP contribution in [0.15, 0.2) is 106 Å². The summed E-state index contributed by atoms with van der Waals surface area (Å²) in [6.45, 7) is 0. The van der Waals surface area contributed by atoms with Gasteiger partial charge in [-0.25, -0.2) is 0 Å². The number of hydrogen-bond donors (Lipinski definition) is 2. The van der Waals surface area contributed by atoms with Crippen LogP contribution in [0.2, 0.25) is 10.0 Å². The first-order valence-corrected chi connectivity index (χ1v) is 12.8. The van der Waals surface area contributed by atoms with Gasteiger partial charge in [0, 0.05) is 32.8 Å². The topological polar surface area (TPSA) is 88.4 Å². The number of Topliss-reactive ketones (excluding diaryl/α,β-unsaturated/α-hetero) is 1. The highest BCUT2D eigenvalue weighted by molar-refractivity contribution is 8.00. The van der Waals surface area contributed by atoms with Gasteiger partial charge in [0.2, 0.25) is 0 Å². The van der Waals surface area contributed by atoms with Crippen molar-refractivity contribution in [2.24, 2.45) is 0 Å². The van der Waals surface area contributed by atoms with Gasteiger partial charge in [-0.1, -0.05) is 47.5 Å². The smallest absolute Gasteiger partial charge is 0.272 e. The first kappa shape index (κ1) is 26.3.